The highest BCUT2D eigenvalue weighted by Gasteiger charge is 2.13. The molecule has 3 nitrogen and oxygen atoms in total. The van der Waals surface area contributed by atoms with Crippen LogP contribution in [-0.2, 0) is 0 Å². The van der Waals surface area contributed by atoms with Crippen LogP contribution >= 0.6 is 11.6 Å². The summed E-state index contributed by atoms with van der Waals surface area (Å²) in [6.07, 6.45) is 8.22. The molecule has 0 saturated heterocycles. The van der Waals surface area contributed by atoms with Crippen molar-refractivity contribution in [1.29, 1.82) is 0 Å². The number of nitrogens with two attached hydrogens (primary N) is 1. The van der Waals surface area contributed by atoms with Crippen LogP contribution in [0.4, 0.5) is 0 Å². The van der Waals surface area contributed by atoms with Crippen molar-refractivity contribution >= 4 is 11.6 Å². The Morgan fingerprint density at radius 1 is 1.71 bits per heavy atom. The van der Waals surface area contributed by atoms with E-state index in [2.05, 4.69) is 16.3 Å². The van der Waals surface area contributed by atoms with Gasteiger partial charge in [0.25, 0.3) is 0 Å². The monoisotopic (exact) mass is 209 g/mol. The molecule has 0 saturated carbocycles. The lowest BCUT2D eigenvalue weighted by atomic mass is 10.1. The Labute approximate surface area is 88.6 Å². The molecule has 1 unspecified atom stereocenters. The minimum Gasteiger partial charge on any atom is -0.271 e. The second-order valence-corrected chi connectivity index (χ2v) is 3.24. The predicted octanol–water partition coefficient (Wildman–Crippen LogP) is 1.65. The average molecular weight is 210 g/mol. The van der Waals surface area contributed by atoms with Crippen molar-refractivity contribution in [3.63, 3.8) is 0 Å². The first-order valence-corrected chi connectivity index (χ1v) is 4.67. The van der Waals surface area contributed by atoms with Crippen LogP contribution in [0.25, 0.3) is 0 Å². The van der Waals surface area contributed by atoms with Gasteiger partial charge >= 0.3 is 0 Å². The van der Waals surface area contributed by atoms with E-state index in [-0.39, 0.29) is 6.04 Å². The SMILES string of the molecule is C#CCCC(NN)c1ncccc1Cl. The van der Waals surface area contributed by atoms with Gasteiger partial charge < -0.3 is 0 Å². The average Bonchev–Trinajstić information content (AvgIpc) is 2.21. The summed E-state index contributed by atoms with van der Waals surface area (Å²) in [4.78, 5) is 4.16. The Morgan fingerprint density at radius 2 is 2.50 bits per heavy atom. The molecule has 1 aromatic heterocycles. The maximum absolute atomic E-state index is 5.97. The molecule has 0 bridgehead atoms. The van der Waals surface area contributed by atoms with Gasteiger partial charge in [-0.05, 0) is 18.6 Å². The minimum absolute atomic E-state index is 0.0836. The molecule has 0 aromatic carbocycles. The lowest BCUT2D eigenvalue weighted by Gasteiger charge is -2.14. The topological polar surface area (TPSA) is 50.9 Å². The second kappa shape index (κ2) is 5.61. The van der Waals surface area contributed by atoms with Crippen LogP contribution in [0.1, 0.15) is 24.6 Å². The fourth-order valence-electron chi connectivity index (χ4n) is 1.18. The number of terminal acetylenes is 1. The van der Waals surface area contributed by atoms with E-state index in [0.717, 1.165) is 12.1 Å². The number of aromatic nitrogens is 1. The third-order valence-electron chi connectivity index (χ3n) is 1.90. The Kier molecular flexibility index (Phi) is 4.41. The number of nitrogens with one attached hydrogen (secondary N) is 1. The zero-order valence-electron chi connectivity index (χ0n) is 7.70. The summed E-state index contributed by atoms with van der Waals surface area (Å²) in [6, 6.07) is 3.48. The molecule has 1 heterocycles. The maximum Gasteiger partial charge on any atom is 0.0772 e. The molecule has 74 valence electrons. The zero-order chi connectivity index (χ0) is 10.4. The van der Waals surface area contributed by atoms with E-state index in [1.165, 1.54) is 0 Å². The van der Waals surface area contributed by atoms with Crippen molar-refractivity contribution in [2.24, 2.45) is 5.84 Å². The molecule has 14 heavy (non-hydrogen) atoms. The highest BCUT2D eigenvalue weighted by Crippen LogP contribution is 2.22. The first kappa shape index (κ1) is 11.0. The lowest BCUT2D eigenvalue weighted by molar-refractivity contribution is 0.512. The molecule has 0 amide bonds. The van der Waals surface area contributed by atoms with Crippen LogP contribution in [0.5, 0.6) is 0 Å². The zero-order valence-corrected chi connectivity index (χ0v) is 8.46. The van der Waals surface area contributed by atoms with E-state index in [9.17, 15) is 0 Å². The molecule has 0 fully saturated rings. The molecular formula is C10H12ClN3. The van der Waals surface area contributed by atoms with Crippen LogP contribution in [0.2, 0.25) is 5.02 Å². The maximum atomic E-state index is 5.97. The van der Waals surface area contributed by atoms with Gasteiger partial charge in [0.05, 0.1) is 16.8 Å². The number of pyridine rings is 1. The van der Waals surface area contributed by atoms with Gasteiger partial charge in [-0.2, -0.15) is 0 Å². The smallest absolute Gasteiger partial charge is 0.0772 e. The van der Waals surface area contributed by atoms with E-state index in [1.54, 1.807) is 18.3 Å². The summed E-state index contributed by atoms with van der Waals surface area (Å²) in [7, 11) is 0. The molecule has 4 heteroatoms. The molecule has 0 aliphatic heterocycles. The molecule has 1 atom stereocenters. The summed E-state index contributed by atoms with van der Waals surface area (Å²) in [6.45, 7) is 0. The fraction of sp³-hybridized carbons (Fsp3) is 0.300. The number of hydrazine groups is 1. The Balaban J connectivity index is 2.79. The standard InChI is InChI=1S/C10H12ClN3/c1-2-3-6-9(14-12)10-8(11)5-4-7-13-10/h1,4-5,7,9,14H,3,6,12H2. The van der Waals surface area contributed by atoms with Crippen molar-refractivity contribution in [3.8, 4) is 12.3 Å². The van der Waals surface area contributed by atoms with Crippen LogP contribution in [0.3, 0.4) is 0 Å². The number of nitrogens with zero attached hydrogens (tertiary/aromatic N) is 1. The van der Waals surface area contributed by atoms with Gasteiger partial charge in [-0.25, -0.2) is 0 Å². The van der Waals surface area contributed by atoms with Gasteiger partial charge in [0.2, 0.25) is 0 Å². The van der Waals surface area contributed by atoms with E-state index in [4.69, 9.17) is 23.9 Å². The molecule has 0 spiro atoms. The second-order valence-electron chi connectivity index (χ2n) is 2.83. The summed E-state index contributed by atoms with van der Waals surface area (Å²) < 4.78 is 0. The third kappa shape index (κ3) is 2.71. The van der Waals surface area contributed by atoms with Crippen LogP contribution < -0.4 is 11.3 Å². The fourth-order valence-corrected chi connectivity index (χ4v) is 1.43. The van der Waals surface area contributed by atoms with Crippen molar-refractivity contribution < 1.29 is 0 Å². The molecular weight excluding hydrogens is 198 g/mol. The highest BCUT2D eigenvalue weighted by molar-refractivity contribution is 6.31. The first-order chi connectivity index (χ1) is 6.79. The van der Waals surface area contributed by atoms with Gasteiger partial charge in [0.15, 0.2) is 0 Å². The molecule has 0 radical (unpaired) electrons. The molecule has 0 aliphatic carbocycles. The Hall–Kier alpha value is -1.08. The molecule has 1 aromatic rings. The minimum atomic E-state index is -0.0836. The quantitative estimate of drug-likeness (QED) is 0.451. The third-order valence-corrected chi connectivity index (χ3v) is 2.22. The molecule has 3 N–H and O–H groups in total. The van der Waals surface area contributed by atoms with Crippen LogP contribution in [-0.4, -0.2) is 4.98 Å². The van der Waals surface area contributed by atoms with E-state index >= 15 is 0 Å². The van der Waals surface area contributed by atoms with Crippen molar-refractivity contribution in [2.45, 2.75) is 18.9 Å². The van der Waals surface area contributed by atoms with Gasteiger partial charge in [-0.3, -0.25) is 16.3 Å². The molecule has 0 aliphatic rings. The number of hydrogen-bond donors (Lipinski definition) is 2. The van der Waals surface area contributed by atoms with Gasteiger partial charge in [-0.1, -0.05) is 11.6 Å². The normalized spacial score (nSPS) is 12.1. The number of hydrogen-bond acceptors (Lipinski definition) is 3. The van der Waals surface area contributed by atoms with E-state index < -0.39 is 0 Å². The van der Waals surface area contributed by atoms with E-state index in [1.807, 2.05) is 0 Å². The Morgan fingerprint density at radius 3 is 3.07 bits per heavy atom. The van der Waals surface area contributed by atoms with E-state index in [0.29, 0.717) is 11.4 Å². The Bertz CT molecular complexity index is 332. The van der Waals surface area contributed by atoms with Gasteiger partial charge in [0.1, 0.15) is 0 Å². The highest BCUT2D eigenvalue weighted by atomic mass is 35.5. The summed E-state index contributed by atoms with van der Waals surface area (Å²) >= 11 is 5.97. The molecule has 1 rings (SSSR count). The largest absolute Gasteiger partial charge is 0.271 e. The van der Waals surface area contributed by atoms with Gasteiger partial charge in [-0.15, -0.1) is 12.3 Å². The lowest BCUT2D eigenvalue weighted by Crippen LogP contribution is -2.28. The van der Waals surface area contributed by atoms with Crippen molar-refractivity contribution in [1.82, 2.24) is 10.4 Å². The van der Waals surface area contributed by atoms with Crippen molar-refractivity contribution in [3.05, 3.63) is 29.0 Å². The van der Waals surface area contributed by atoms with Crippen LogP contribution in [0, 0.1) is 12.3 Å². The van der Waals surface area contributed by atoms with Gasteiger partial charge in [0, 0.05) is 12.6 Å². The summed E-state index contributed by atoms with van der Waals surface area (Å²) in [5.41, 5.74) is 3.39. The summed E-state index contributed by atoms with van der Waals surface area (Å²) in [5.74, 6) is 7.95. The van der Waals surface area contributed by atoms with Crippen molar-refractivity contribution in [2.75, 3.05) is 0 Å². The van der Waals surface area contributed by atoms with Crippen LogP contribution in [0.15, 0.2) is 18.3 Å². The first-order valence-electron chi connectivity index (χ1n) is 4.29. The number of halogens is 1. The number of rotatable bonds is 4. The predicted molar refractivity (Wildman–Crippen MR) is 57.4 cm³/mol. The summed E-state index contributed by atoms with van der Waals surface area (Å²) in [5, 5.41) is 0.604.